The maximum Gasteiger partial charge on any atom is 0.310 e. The van der Waals surface area contributed by atoms with E-state index in [4.69, 9.17) is 4.74 Å². The molecule has 0 spiro atoms. The highest BCUT2D eigenvalue weighted by Gasteiger charge is 2.40. The van der Waals surface area contributed by atoms with Crippen LogP contribution < -0.4 is 0 Å². The molecule has 1 aliphatic rings. The van der Waals surface area contributed by atoms with Crippen molar-refractivity contribution >= 4 is 17.7 Å². The van der Waals surface area contributed by atoms with Crippen molar-refractivity contribution in [3.8, 4) is 0 Å². The summed E-state index contributed by atoms with van der Waals surface area (Å²) in [4.78, 5) is 11.7. The van der Waals surface area contributed by atoms with Gasteiger partial charge in [-0.2, -0.15) is 11.8 Å². The van der Waals surface area contributed by atoms with Crippen LogP contribution in [-0.4, -0.2) is 33.8 Å². The van der Waals surface area contributed by atoms with Crippen molar-refractivity contribution in [1.82, 2.24) is 0 Å². The van der Waals surface area contributed by atoms with E-state index in [1.165, 1.54) is 0 Å². The van der Waals surface area contributed by atoms with Crippen LogP contribution >= 0.6 is 11.8 Å². The van der Waals surface area contributed by atoms with Crippen molar-refractivity contribution in [1.29, 1.82) is 0 Å². The fraction of sp³-hybridized carbons (Fsp3) is 0.909. The van der Waals surface area contributed by atoms with E-state index in [9.17, 15) is 9.90 Å². The first-order valence-electron chi connectivity index (χ1n) is 5.23. The standard InChI is InChI=1S/C11H20O3S/c1-10(2,3)14-9(13)8-5-11(4,7-12)15-6-8/h8,12H,5-7H2,1-4H3/t8-,11+/m1/s1. The van der Waals surface area contributed by atoms with Crippen molar-refractivity contribution in [3.63, 3.8) is 0 Å². The van der Waals surface area contributed by atoms with E-state index in [0.29, 0.717) is 6.42 Å². The number of ether oxygens (including phenoxy) is 1. The fourth-order valence-electron chi connectivity index (χ4n) is 1.59. The molecule has 88 valence electrons. The number of rotatable bonds is 2. The molecule has 0 aromatic rings. The maximum atomic E-state index is 11.7. The van der Waals surface area contributed by atoms with Gasteiger partial charge in [-0.15, -0.1) is 0 Å². The summed E-state index contributed by atoms with van der Waals surface area (Å²) >= 11 is 1.66. The summed E-state index contributed by atoms with van der Waals surface area (Å²) < 4.78 is 5.16. The van der Waals surface area contributed by atoms with Gasteiger partial charge >= 0.3 is 5.97 Å². The van der Waals surface area contributed by atoms with Gasteiger partial charge < -0.3 is 9.84 Å². The number of aliphatic hydroxyl groups is 1. The molecule has 1 N–H and O–H groups in total. The Morgan fingerprint density at radius 2 is 2.20 bits per heavy atom. The van der Waals surface area contributed by atoms with Crippen LogP contribution in [0.3, 0.4) is 0 Å². The molecule has 1 saturated heterocycles. The van der Waals surface area contributed by atoms with Crippen LogP contribution in [0, 0.1) is 5.92 Å². The largest absolute Gasteiger partial charge is 0.460 e. The number of thioether (sulfide) groups is 1. The van der Waals surface area contributed by atoms with Crippen LogP contribution in [0.25, 0.3) is 0 Å². The van der Waals surface area contributed by atoms with E-state index in [0.717, 1.165) is 5.75 Å². The van der Waals surface area contributed by atoms with Crippen molar-refractivity contribution in [2.24, 2.45) is 5.92 Å². The third kappa shape index (κ3) is 3.68. The summed E-state index contributed by atoms with van der Waals surface area (Å²) in [6.07, 6.45) is 0.711. The summed E-state index contributed by atoms with van der Waals surface area (Å²) in [5, 5.41) is 9.18. The zero-order valence-corrected chi connectivity index (χ0v) is 10.7. The van der Waals surface area contributed by atoms with E-state index < -0.39 is 5.60 Å². The average molecular weight is 232 g/mol. The molecule has 0 aromatic heterocycles. The van der Waals surface area contributed by atoms with Gasteiger partial charge in [0.25, 0.3) is 0 Å². The number of hydrogen-bond donors (Lipinski definition) is 1. The van der Waals surface area contributed by atoms with E-state index in [-0.39, 0.29) is 23.2 Å². The Labute approximate surface area is 95.6 Å². The zero-order chi connectivity index (χ0) is 11.7. The number of aliphatic hydroxyl groups excluding tert-OH is 1. The molecule has 1 heterocycles. The lowest BCUT2D eigenvalue weighted by atomic mass is 9.98. The third-order valence-corrected chi connectivity index (χ3v) is 3.95. The molecule has 4 heteroatoms. The lowest BCUT2D eigenvalue weighted by molar-refractivity contribution is -0.159. The predicted octanol–water partition coefficient (Wildman–Crippen LogP) is 1.83. The molecule has 0 radical (unpaired) electrons. The number of carbonyl (C=O) groups excluding carboxylic acids is 1. The highest BCUT2D eigenvalue weighted by molar-refractivity contribution is 8.00. The SMILES string of the molecule is CC(C)(C)OC(=O)[C@H]1CS[C@](C)(CO)C1. The molecule has 1 fully saturated rings. The van der Waals surface area contributed by atoms with Crippen molar-refractivity contribution in [2.75, 3.05) is 12.4 Å². The molecule has 0 aromatic carbocycles. The van der Waals surface area contributed by atoms with E-state index >= 15 is 0 Å². The van der Waals surface area contributed by atoms with Gasteiger partial charge in [-0.3, -0.25) is 4.79 Å². The van der Waals surface area contributed by atoms with Crippen molar-refractivity contribution in [3.05, 3.63) is 0 Å². The molecule has 0 saturated carbocycles. The van der Waals surface area contributed by atoms with Crippen LogP contribution in [0.1, 0.15) is 34.1 Å². The van der Waals surface area contributed by atoms with E-state index in [1.807, 2.05) is 27.7 Å². The Hall–Kier alpha value is -0.220. The average Bonchev–Trinajstić information content (AvgIpc) is 2.46. The van der Waals surface area contributed by atoms with Crippen LogP contribution in [0.5, 0.6) is 0 Å². The Kier molecular flexibility index (Phi) is 3.71. The predicted molar refractivity (Wildman–Crippen MR) is 61.9 cm³/mol. The highest BCUT2D eigenvalue weighted by Crippen LogP contribution is 2.41. The summed E-state index contributed by atoms with van der Waals surface area (Å²) in [5.74, 6) is 0.560. The second-order valence-corrected chi connectivity index (χ2v) is 6.96. The Bertz CT molecular complexity index is 247. The summed E-state index contributed by atoms with van der Waals surface area (Å²) in [7, 11) is 0. The zero-order valence-electron chi connectivity index (χ0n) is 9.87. The Morgan fingerprint density at radius 1 is 1.60 bits per heavy atom. The summed E-state index contributed by atoms with van der Waals surface area (Å²) in [5.41, 5.74) is -0.417. The van der Waals surface area contributed by atoms with Crippen molar-refractivity contribution < 1.29 is 14.6 Å². The van der Waals surface area contributed by atoms with Gasteiger partial charge in [-0.1, -0.05) is 0 Å². The molecule has 0 unspecified atom stereocenters. The van der Waals surface area contributed by atoms with Gasteiger partial charge in [0.2, 0.25) is 0 Å². The second kappa shape index (κ2) is 4.34. The molecule has 15 heavy (non-hydrogen) atoms. The van der Waals surface area contributed by atoms with Gasteiger partial charge in [0, 0.05) is 10.5 Å². The Morgan fingerprint density at radius 3 is 2.60 bits per heavy atom. The van der Waals surface area contributed by atoms with Gasteiger partial charge in [0.1, 0.15) is 5.60 Å². The molecule has 2 atom stereocenters. The summed E-state index contributed by atoms with van der Waals surface area (Å²) in [6, 6.07) is 0. The maximum absolute atomic E-state index is 11.7. The minimum absolute atomic E-state index is 0.0635. The van der Waals surface area contributed by atoms with E-state index in [1.54, 1.807) is 11.8 Å². The second-order valence-electron chi connectivity index (χ2n) is 5.35. The van der Waals surface area contributed by atoms with Crippen molar-refractivity contribution in [2.45, 2.75) is 44.5 Å². The topological polar surface area (TPSA) is 46.5 Å². The third-order valence-electron chi connectivity index (χ3n) is 2.39. The van der Waals surface area contributed by atoms with Crippen LogP contribution in [0.2, 0.25) is 0 Å². The molecular formula is C11H20O3S. The van der Waals surface area contributed by atoms with Gasteiger partial charge in [-0.05, 0) is 34.1 Å². The number of esters is 1. The lowest BCUT2D eigenvalue weighted by Crippen LogP contribution is -2.30. The van der Waals surface area contributed by atoms with Gasteiger partial charge in [0.15, 0.2) is 0 Å². The fourth-order valence-corrected chi connectivity index (χ4v) is 2.86. The van der Waals surface area contributed by atoms with E-state index in [2.05, 4.69) is 0 Å². The van der Waals surface area contributed by atoms with Crippen LogP contribution in [0.15, 0.2) is 0 Å². The molecule has 3 nitrogen and oxygen atoms in total. The first-order valence-corrected chi connectivity index (χ1v) is 6.22. The quantitative estimate of drug-likeness (QED) is 0.738. The van der Waals surface area contributed by atoms with Gasteiger partial charge in [-0.25, -0.2) is 0 Å². The Balaban J connectivity index is 2.51. The molecule has 1 aliphatic heterocycles. The highest BCUT2D eigenvalue weighted by atomic mass is 32.2. The lowest BCUT2D eigenvalue weighted by Gasteiger charge is -2.23. The summed E-state index contributed by atoms with van der Waals surface area (Å²) in [6.45, 7) is 7.73. The minimum Gasteiger partial charge on any atom is -0.460 e. The van der Waals surface area contributed by atoms with Gasteiger partial charge in [0.05, 0.1) is 12.5 Å². The molecular weight excluding hydrogens is 212 g/mol. The normalized spacial score (nSPS) is 31.7. The number of hydrogen-bond acceptors (Lipinski definition) is 4. The van der Waals surface area contributed by atoms with Crippen LogP contribution in [-0.2, 0) is 9.53 Å². The van der Waals surface area contributed by atoms with Crippen LogP contribution in [0.4, 0.5) is 0 Å². The minimum atomic E-state index is -0.417. The monoisotopic (exact) mass is 232 g/mol. The smallest absolute Gasteiger partial charge is 0.310 e. The first-order chi connectivity index (χ1) is 6.76. The molecule has 1 rings (SSSR count). The molecule has 0 aliphatic carbocycles. The first kappa shape index (κ1) is 12.8. The number of carbonyl (C=O) groups is 1. The molecule has 0 bridgehead atoms. The molecule has 0 amide bonds.